The van der Waals surface area contributed by atoms with E-state index in [4.69, 9.17) is 11.6 Å². The summed E-state index contributed by atoms with van der Waals surface area (Å²) >= 11 is 5.76. The first-order valence-electron chi connectivity index (χ1n) is 4.57. The summed E-state index contributed by atoms with van der Waals surface area (Å²) in [5.41, 5.74) is 0. The van der Waals surface area contributed by atoms with Gasteiger partial charge in [0.05, 0.1) is 0 Å². The molecule has 1 N–H and O–H groups in total. The number of hydrogen-bond acceptors (Lipinski definition) is 5. The van der Waals surface area contributed by atoms with Crippen molar-refractivity contribution in [3.05, 3.63) is 17.9 Å². The van der Waals surface area contributed by atoms with Crippen LogP contribution in [0.3, 0.4) is 0 Å². The van der Waals surface area contributed by atoms with Crippen LogP contribution in [0.25, 0.3) is 0 Å². The van der Waals surface area contributed by atoms with Crippen LogP contribution in [0.4, 0.5) is 11.9 Å². The zero-order valence-electron chi connectivity index (χ0n) is 8.87. The third-order valence-corrected chi connectivity index (χ3v) is 1.80. The highest BCUT2D eigenvalue weighted by atomic mass is 35.5. The van der Waals surface area contributed by atoms with Gasteiger partial charge in [-0.25, -0.2) is 0 Å². The zero-order valence-corrected chi connectivity index (χ0v) is 9.62. The van der Waals surface area contributed by atoms with E-state index in [1.165, 1.54) is 0 Å². The van der Waals surface area contributed by atoms with Crippen molar-refractivity contribution in [2.24, 2.45) is 0 Å². The molecule has 0 saturated carbocycles. The Morgan fingerprint density at radius 3 is 2.73 bits per heavy atom. The van der Waals surface area contributed by atoms with Crippen LogP contribution in [-0.2, 0) is 0 Å². The predicted octanol–water partition coefficient (Wildman–Crippen LogP) is 1.58. The van der Waals surface area contributed by atoms with Crippen LogP contribution in [0.2, 0.25) is 5.28 Å². The van der Waals surface area contributed by atoms with Gasteiger partial charge < -0.3 is 10.2 Å². The fourth-order valence-corrected chi connectivity index (χ4v) is 1.06. The Morgan fingerprint density at radius 2 is 2.13 bits per heavy atom. The molecule has 5 nitrogen and oxygen atoms in total. The smallest absolute Gasteiger partial charge is 0.230 e. The molecule has 15 heavy (non-hydrogen) atoms. The van der Waals surface area contributed by atoms with Crippen LogP contribution < -0.4 is 10.2 Å². The topological polar surface area (TPSA) is 53.9 Å². The van der Waals surface area contributed by atoms with Crippen LogP contribution in [0.5, 0.6) is 0 Å². The van der Waals surface area contributed by atoms with Gasteiger partial charge >= 0.3 is 0 Å². The number of aromatic nitrogens is 3. The Hall–Kier alpha value is -1.36. The van der Waals surface area contributed by atoms with Gasteiger partial charge in [-0.3, -0.25) is 0 Å². The molecular weight excluding hydrogens is 214 g/mol. The average molecular weight is 228 g/mol. The molecule has 0 aromatic carbocycles. The molecule has 1 aromatic rings. The van der Waals surface area contributed by atoms with Gasteiger partial charge in [-0.15, -0.1) is 6.58 Å². The molecular formula is C9H14ClN5. The second kappa shape index (κ2) is 5.50. The van der Waals surface area contributed by atoms with Crippen LogP contribution in [0, 0.1) is 0 Å². The molecule has 0 aliphatic heterocycles. The molecule has 82 valence electrons. The first-order valence-corrected chi connectivity index (χ1v) is 4.95. The third kappa shape index (κ3) is 3.71. The standard InChI is InChI=1S/C9H14ClN5/c1-4-5-6-11-8-12-7(10)13-9(14-8)15(2)3/h4H,1,5-6H2,2-3H3,(H,11,12,13,14). The molecule has 0 radical (unpaired) electrons. The summed E-state index contributed by atoms with van der Waals surface area (Å²) < 4.78 is 0. The number of anilines is 2. The van der Waals surface area contributed by atoms with Crippen molar-refractivity contribution in [1.82, 2.24) is 15.0 Å². The van der Waals surface area contributed by atoms with Crippen molar-refractivity contribution in [1.29, 1.82) is 0 Å². The van der Waals surface area contributed by atoms with Crippen molar-refractivity contribution < 1.29 is 0 Å². The molecule has 0 bridgehead atoms. The Bertz CT molecular complexity index is 339. The molecule has 0 atom stereocenters. The predicted molar refractivity (Wildman–Crippen MR) is 62.5 cm³/mol. The van der Waals surface area contributed by atoms with Gasteiger partial charge in [0.25, 0.3) is 0 Å². The molecule has 0 aliphatic rings. The Labute approximate surface area is 94.2 Å². The molecule has 1 heterocycles. The lowest BCUT2D eigenvalue weighted by Gasteiger charge is -2.11. The molecule has 0 spiro atoms. The zero-order chi connectivity index (χ0) is 11.3. The quantitative estimate of drug-likeness (QED) is 0.612. The number of nitrogens with zero attached hydrogens (tertiary/aromatic N) is 4. The summed E-state index contributed by atoms with van der Waals surface area (Å²) in [4.78, 5) is 13.9. The summed E-state index contributed by atoms with van der Waals surface area (Å²) in [7, 11) is 3.69. The van der Waals surface area contributed by atoms with Crippen molar-refractivity contribution in [2.75, 3.05) is 30.9 Å². The van der Waals surface area contributed by atoms with Crippen LogP contribution in [0.15, 0.2) is 12.7 Å². The van der Waals surface area contributed by atoms with Crippen molar-refractivity contribution in [3.8, 4) is 0 Å². The lowest BCUT2D eigenvalue weighted by atomic mass is 10.4. The molecule has 1 rings (SSSR count). The first-order chi connectivity index (χ1) is 7.13. The molecule has 0 aliphatic carbocycles. The second-order valence-corrected chi connectivity index (χ2v) is 3.46. The maximum absolute atomic E-state index is 5.76. The summed E-state index contributed by atoms with van der Waals surface area (Å²) in [5, 5.41) is 3.23. The molecule has 1 aromatic heterocycles. The summed E-state index contributed by atoms with van der Waals surface area (Å²) in [6.45, 7) is 4.36. The first kappa shape index (κ1) is 11.7. The number of nitrogens with one attached hydrogen (secondary N) is 1. The largest absolute Gasteiger partial charge is 0.354 e. The van der Waals surface area contributed by atoms with Crippen LogP contribution >= 0.6 is 11.6 Å². The van der Waals surface area contributed by atoms with Crippen molar-refractivity contribution in [3.63, 3.8) is 0 Å². The molecule has 0 amide bonds. The van der Waals surface area contributed by atoms with Gasteiger partial charge in [0.2, 0.25) is 17.2 Å². The lowest BCUT2D eigenvalue weighted by Crippen LogP contribution is -2.15. The lowest BCUT2D eigenvalue weighted by molar-refractivity contribution is 0.937. The number of rotatable bonds is 5. The van der Waals surface area contributed by atoms with E-state index in [9.17, 15) is 0 Å². The van der Waals surface area contributed by atoms with Gasteiger partial charge in [-0.2, -0.15) is 15.0 Å². The minimum absolute atomic E-state index is 0.190. The average Bonchev–Trinajstić information content (AvgIpc) is 2.17. The number of hydrogen-bond donors (Lipinski definition) is 1. The maximum atomic E-state index is 5.76. The van der Waals surface area contributed by atoms with E-state index in [1.807, 2.05) is 20.2 Å². The summed E-state index contributed by atoms with van der Waals surface area (Å²) in [5.74, 6) is 1.02. The SMILES string of the molecule is C=CCCNc1nc(Cl)nc(N(C)C)n1. The van der Waals surface area contributed by atoms with E-state index in [0.29, 0.717) is 11.9 Å². The second-order valence-electron chi connectivity index (χ2n) is 3.13. The van der Waals surface area contributed by atoms with Gasteiger partial charge in [0.15, 0.2) is 0 Å². The number of halogens is 1. The van der Waals surface area contributed by atoms with Crippen LogP contribution in [0.1, 0.15) is 6.42 Å². The molecule has 0 saturated heterocycles. The highest BCUT2D eigenvalue weighted by Crippen LogP contribution is 2.11. The van der Waals surface area contributed by atoms with E-state index < -0.39 is 0 Å². The summed E-state index contributed by atoms with van der Waals surface area (Å²) in [6.07, 6.45) is 2.67. The normalized spacial score (nSPS) is 9.80. The van der Waals surface area contributed by atoms with Crippen LogP contribution in [-0.4, -0.2) is 35.6 Å². The Kier molecular flexibility index (Phi) is 4.30. The molecule has 6 heteroatoms. The van der Waals surface area contributed by atoms with Gasteiger partial charge in [0, 0.05) is 20.6 Å². The van der Waals surface area contributed by atoms with E-state index in [-0.39, 0.29) is 5.28 Å². The van der Waals surface area contributed by atoms with E-state index in [2.05, 4.69) is 26.8 Å². The molecule has 0 fully saturated rings. The van der Waals surface area contributed by atoms with E-state index in [0.717, 1.165) is 13.0 Å². The highest BCUT2D eigenvalue weighted by Gasteiger charge is 2.05. The maximum Gasteiger partial charge on any atom is 0.230 e. The van der Waals surface area contributed by atoms with Gasteiger partial charge in [0.1, 0.15) is 0 Å². The fraction of sp³-hybridized carbons (Fsp3) is 0.444. The van der Waals surface area contributed by atoms with Crippen molar-refractivity contribution >= 4 is 23.5 Å². The highest BCUT2D eigenvalue weighted by molar-refractivity contribution is 6.28. The minimum atomic E-state index is 0.190. The minimum Gasteiger partial charge on any atom is -0.354 e. The third-order valence-electron chi connectivity index (χ3n) is 1.63. The Balaban J connectivity index is 2.74. The summed E-state index contributed by atoms with van der Waals surface area (Å²) in [6, 6.07) is 0. The van der Waals surface area contributed by atoms with E-state index in [1.54, 1.807) is 4.90 Å². The van der Waals surface area contributed by atoms with E-state index >= 15 is 0 Å². The van der Waals surface area contributed by atoms with Gasteiger partial charge in [-0.1, -0.05) is 6.08 Å². The molecule has 0 unspecified atom stereocenters. The fourth-order valence-electron chi connectivity index (χ4n) is 0.905. The Morgan fingerprint density at radius 1 is 1.40 bits per heavy atom. The monoisotopic (exact) mass is 227 g/mol. The van der Waals surface area contributed by atoms with Gasteiger partial charge in [-0.05, 0) is 18.0 Å². The van der Waals surface area contributed by atoms with Crippen molar-refractivity contribution in [2.45, 2.75) is 6.42 Å².